The summed E-state index contributed by atoms with van der Waals surface area (Å²) in [6.45, 7) is 5.85. The molecule has 0 radical (unpaired) electrons. The number of carbonyl (C=O) groups is 2. The van der Waals surface area contributed by atoms with Crippen molar-refractivity contribution in [2.24, 2.45) is 11.8 Å². The number of hydrogen-bond acceptors (Lipinski definition) is 3. The van der Waals surface area contributed by atoms with Gasteiger partial charge in [0.15, 0.2) is 0 Å². The molecule has 0 bridgehead atoms. The Bertz CT molecular complexity index is 528. The summed E-state index contributed by atoms with van der Waals surface area (Å²) in [5.41, 5.74) is 1.05. The zero-order valence-electron chi connectivity index (χ0n) is 14.3. The minimum Gasteiger partial charge on any atom is -0.496 e. The maximum absolute atomic E-state index is 12.1. The van der Waals surface area contributed by atoms with Gasteiger partial charge in [-0.3, -0.25) is 4.79 Å². The fraction of sp³-hybridized carbons (Fsp3) is 0.556. The highest BCUT2D eigenvalue weighted by Gasteiger charge is 2.22. The molecule has 5 nitrogen and oxygen atoms in total. The average Bonchev–Trinajstić information content (AvgIpc) is 2.46. The minimum atomic E-state index is -0.982. The summed E-state index contributed by atoms with van der Waals surface area (Å²) in [6.07, 6.45) is 1.43. The predicted octanol–water partition coefficient (Wildman–Crippen LogP) is 2.88. The van der Waals surface area contributed by atoms with E-state index in [4.69, 9.17) is 4.74 Å². The third kappa shape index (κ3) is 6.72. The number of carboxylic acid groups (broad SMARTS) is 1. The van der Waals surface area contributed by atoms with Crippen LogP contribution in [0.2, 0.25) is 0 Å². The van der Waals surface area contributed by atoms with E-state index in [0.29, 0.717) is 19.3 Å². The molecule has 1 amide bonds. The number of benzene rings is 1. The molecular weight excluding hydrogens is 294 g/mol. The van der Waals surface area contributed by atoms with Gasteiger partial charge in [-0.1, -0.05) is 39.0 Å². The maximum atomic E-state index is 12.1. The second-order valence-corrected chi connectivity index (χ2v) is 6.41. The number of rotatable bonds is 9. The first-order valence-corrected chi connectivity index (χ1v) is 7.97. The van der Waals surface area contributed by atoms with Crippen molar-refractivity contribution in [1.82, 2.24) is 5.32 Å². The molecule has 5 heteroatoms. The molecule has 0 aliphatic heterocycles. The third-order valence-corrected chi connectivity index (χ3v) is 3.64. The van der Waals surface area contributed by atoms with Crippen molar-refractivity contribution < 1.29 is 19.4 Å². The molecule has 1 rings (SSSR count). The van der Waals surface area contributed by atoms with Crippen LogP contribution in [-0.2, 0) is 16.0 Å². The Kier molecular flexibility index (Phi) is 7.59. The summed E-state index contributed by atoms with van der Waals surface area (Å²) >= 11 is 0. The Hall–Kier alpha value is -2.04. The average molecular weight is 321 g/mol. The highest BCUT2D eigenvalue weighted by atomic mass is 16.5. The quantitative estimate of drug-likeness (QED) is 0.733. The van der Waals surface area contributed by atoms with Crippen molar-refractivity contribution in [2.75, 3.05) is 7.11 Å². The predicted molar refractivity (Wildman–Crippen MR) is 89.5 cm³/mol. The lowest BCUT2D eigenvalue weighted by atomic mass is 9.96. The summed E-state index contributed by atoms with van der Waals surface area (Å²) in [5.74, 6) is -0.0879. The van der Waals surface area contributed by atoms with Crippen LogP contribution in [-0.4, -0.2) is 30.1 Å². The standard InChI is InChI=1S/C18H27NO4/c1-12(2)9-15(18(21)22)19-17(20)11-13(3)10-14-7-5-6-8-16(14)23-4/h5-8,12-13,15H,9-11H2,1-4H3,(H,19,20)(H,21,22)/t13?,15-/m1/s1. The second kappa shape index (κ2) is 9.18. The van der Waals surface area contributed by atoms with E-state index in [-0.39, 0.29) is 17.7 Å². The zero-order chi connectivity index (χ0) is 17.4. The van der Waals surface area contributed by atoms with Crippen LogP contribution in [0.3, 0.4) is 0 Å². The summed E-state index contributed by atoms with van der Waals surface area (Å²) < 4.78 is 5.31. The van der Waals surface area contributed by atoms with E-state index in [1.807, 2.05) is 45.0 Å². The number of para-hydroxylation sites is 1. The third-order valence-electron chi connectivity index (χ3n) is 3.64. The van der Waals surface area contributed by atoms with Crippen LogP contribution in [0.5, 0.6) is 5.75 Å². The molecule has 0 heterocycles. The van der Waals surface area contributed by atoms with Crippen molar-refractivity contribution in [1.29, 1.82) is 0 Å². The molecule has 0 fully saturated rings. The highest BCUT2D eigenvalue weighted by molar-refractivity contribution is 5.83. The lowest BCUT2D eigenvalue weighted by Gasteiger charge is -2.18. The SMILES string of the molecule is COc1ccccc1CC(C)CC(=O)N[C@H](CC(C)C)C(=O)O. The minimum absolute atomic E-state index is 0.0970. The van der Waals surface area contributed by atoms with E-state index in [1.165, 1.54) is 0 Å². The fourth-order valence-electron chi connectivity index (χ4n) is 2.58. The Morgan fingerprint density at radius 2 is 1.87 bits per heavy atom. The number of aliphatic carboxylic acids is 1. The number of methoxy groups -OCH3 is 1. The van der Waals surface area contributed by atoms with Gasteiger partial charge in [-0.25, -0.2) is 4.79 Å². The molecule has 0 aromatic heterocycles. The van der Waals surface area contributed by atoms with Gasteiger partial charge in [0.1, 0.15) is 11.8 Å². The largest absolute Gasteiger partial charge is 0.496 e. The molecule has 1 aromatic rings. The first-order valence-electron chi connectivity index (χ1n) is 7.97. The molecule has 1 unspecified atom stereocenters. The Labute approximate surface area is 138 Å². The molecular formula is C18H27NO4. The van der Waals surface area contributed by atoms with Crippen LogP contribution in [0.25, 0.3) is 0 Å². The Morgan fingerprint density at radius 3 is 2.43 bits per heavy atom. The summed E-state index contributed by atoms with van der Waals surface area (Å²) in [4.78, 5) is 23.3. The highest BCUT2D eigenvalue weighted by Crippen LogP contribution is 2.22. The number of ether oxygens (including phenoxy) is 1. The van der Waals surface area contributed by atoms with Gasteiger partial charge >= 0.3 is 5.97 Å². The zero-order valence-corrected chi connectivity index (χ0v) is 14.3. The lowest BCUT2D eigenvalue weighted by molar-refractivity contribution is -0.142. The van der Waals surface area contributed by atoms with Gasteiger partial charge in [0.05, 0.1) is 7.11 Å². The Balaban J connectivity index is 2.57. The van der Waals surface area contributed by atoms with E-state index in [2.05, 4.69) is 5.32 Å². The van der Waals surface area contributed by atoms with Crippen molar-refractivity contribution in [3.63, 3.8) is 0 Å². The first kappa shape index (κ1) is 19.0. The maximum Gasteiger partial charge on any atom is 0.326 e. The Morgan fingerprint density at radius 1 is 1.22 bits per heavy atom. The van der Waals surface area contributed by atoms with Crippen LogP contribution >= 0.6 is 0 Å². The second-order valence-electron chi connectivity index (χ2n) is 6.41. The fourth-order valence-corrected chi connectivity index (χ4v) is 2.58. The van der Waals surface area contributed by atoms with Crippen LogP contribution in [0.15, 0.2) is 24.3 Å². The van der Waals surface area contributed by atoms with Gasteiger partial charge in [-0.2, -0.15) is 0 Å². The molecule has 2 N–H and O–H groups in total. The number of nitrogens with one attached hydrogen (secondary N) is 1. The van der Waals surface area contributed by atoms with Gasteiger partial charge in [0.25, 0.3) is 0 Å². The van der Waals surface area contributed by atoms with Gasteiger partial charge < -0.3 is 15.2 Å². The molecule has 1 aromatic carbocycles. The van der Waals surface area contributed by atoms with E-state index in [9.17, 15) is 14.7 Å². The lowest BCUT2D eigenvalue weighted by Crippen LogP contribution is -2.42. The van der Waals surface area contributed by atoms with Crippen LogP contribution in [0, 0.1) is 11.8 Å². The number of carbonyl (C=O) groups excluding carboxylic acids is 1. The summed E-state index contributed by atoms with van der Waals surface area (Å²) in [5, 5.41) is 11.8. The molecule has 2 atom stereocenters. The number of amides is 1. The molecule has 0 saturated heterocycles. The van der Waals surface area contributed by atoms with Crippen molar-refractivity contribution in [3.8, 4) is 5.75 Å². The van der Waals surface area contributed by atoms with Crippen molar-refractivity contribution in [3.05, 3.63) is 29.8 Å². The van der Waals surface area contributed by atoms with Gasteiger partial charge in [-0.05, 0) is 36.3 Å². The molecule has 0 saturated carbocycles. The van der Waals surface area contributed by atoms with Gasteiger partial charge in [0, 0.05) is 6.42 Å². The number of hydrogen-bond donors (Lipinski definition) is 2. The van der Waals surface area contributed by atoms with Gasteiger partial charge in [-0.15, -0.1) is 0 Å². The molecule has 0 spiro atoms. The van der Waals surface area contributed by atoms with Crippen LogP contribution in [0.4, 0.5) is 0 Å². The molecule has 0 aliphatic rings. The van der Waals surface area contributed by atoms with Crippen LogP contribution < -0.4 is 10.1 Å². The topological polar surface area (TPSA) is 75.6 Å². The smallest absolute Gasteiger partial charge is 0.326 e. The first-order chi connectivity index (χ1) is 10.8. The molecule has 0 aliphatic carbocycles. The monoisotopic (exact) mass is 321 g/mol. The van der Waals surface area contributed by atoms with Gasteiger partial charge in [0.2, 0.25) is 5.91 Å². The molecule has 128 valence electrons. The van der Waals surface area contributed by atoms with Crippen molar-refractivity contribution >= 4 is 11.9 Å². The van der Waals surface area contributed by atoms with Crippen LogP contribution in [0.1, 0.15) is 39.2 Å². The summed E-state index contributed by atoms with van der Waals surface area (Å²) in [7, 11) is 1.62. The molecule has 23 heavy (non-hydrogen) atoms. The summed E-state index contributed by atoms with van der Waals surface area (Å²) in [6, 6.07) is 6.90. The normalized spacial score (nSPS) is 13.4. The van der Waals surface area contributed by atoms with Crippen molar-refractivity contribution in [2.45, 2.75) is 46.1 Å². The van der Waals surface area contributed by atoms with E-state index in [0.717, 1.165) is 11.3 Å². The van der Waals surface area contributed by atoms with E-state index >= 15 is 0 Å². The van der Waals surface area contributed by atoms with E-state index < -0.39 is 12.0 Å². The van der Waals surface area contributed by atoms with E-state index in [1.54, 1.807) is 7.11 Å². The number of carboxylic acids is 1.